The van der Waals surface area contributed by atoms with E-state index in [9.17, 15) is 14.3 Å². The van der Waals surface area contributed by atoms with Crippen molar-refractivity contribution in [1.29, 1.82) is 0 Å². The largest absolute Gasteiger partial charge is 0.493 e. The maximum Gasteiger partial charge on any atom is 0.231 e. The topological polar surface area (TPSA) is 74.7 Å². The zero-order chi connectivity index (χ0) is 34.3. The van der Waals surface area contributed by atoms with Crippen molar-refractivity contribution in [2.75, 3.05) is 59.1 Å². The maximum atomic E-state index is 13.2. The Labute approximate surface area is 283 Å². The van der Waals surface area contributed by atoms with Gasteiger partial charge in [-0.2, -0.15) is 0 Å². The van der Waals surface area contributed by atoms with Crippen molar-refractivity contribution in [3.8, 4) is 17.2 Å². The second-order valence-electron chi connectivity index (χ2n) is 13.4. The molecule has 2 heterocycles. The van der Waals surface area contributed by atoms with Gasteiger partial charge in [0.2, 0.25) is 12.5 Å². The first-order chi connectivity index (χ1) is 22.6. The lowest BCUT2D eigenvalue weighted by Crippen LogP contribution is -2.34. The first-order valence-electron chi connectivity index (χ1n) is 17.6. The van der Waals surface area contributed by atoms with Crippen LogP contribution in [0, 0.1) is 12.7 Å². The van der Waals surface area contributed by atoms with Crippen molar-refractivity contribution >= 4 is 12.0 Å². The molecule has 1 N–H and O–H groups in total. The van der Waals surface area contributed by atoms with Gasteiger partial charge in [-0.25, -0.2) is 4.39 Å². The van der Waals surface area contributed by atoms with E-state index >= 15 is 0 Å². The highest BCUT2D eigenvalue weighted by atomic mass is 19.1. The van der Waals surface area contributed by atoms with Crippen LogP contribution in [-0.4, -0.2) is 93.6 Å². The number of benzene rings is 2. The predicted octanol–water partition coefficient (Wildman–Crippen LogP) is 7.19. The second-order valence-corrected chi connectivity index (χ2v) is 13.4. The number of unbranched alkanes of at least 4 members (excludes halogenated alkanes) is 1. The summed E-state index contributed by atoms with van der Waals surface area (Å²) in [4.78, 5) is 18.2. The number of methoxy groups -OCH3 is 1. The molecular weight excluding hydrogens is 597 g/mol. The molecule has 0 saturated carbocycles. The minimum absolute atomic E-state index is 0.121. The Morgan fingerprint density at radius 1 is 1.09 bits per heavy atom. The highest BCUT2D eigenvalue weighted by Gasteiger charge is 2.34. The summed E-state index contributed by atoms with van der Waals surface area (Å²) in [6, 6.07) is 10.4. The quantitative estimate of drug-likeness (QED) is 0.133. The van der Waals surface area contributed by atoms with Gasteiger partial charge in [-0.15, -0.1) is 0 Å². The van der Waals surface area contributed by atoms with E-state index in [4.69, 9.17) is 14.2 Å². The van der Waals surface area contributed by atoms with Gasteiger partial charge in [-0.05, 0) is 126 Å². The van der Waals surface area contributed by atoms with Crippen molar-refractivity contribution in [1.82, 2.24) is 9.80 Å². The second kappa shape index (κ2) is 19.8. The number of nitrogens with zero attached hydrogens (tertiary/aromatic N) is 3. The number of halogens is 1. The normalized spacial score (nSPS) is 17.9. The summed E-state index contributed by atoms with van der Waals surface area (Å²) < 4.78 is 29.8. The van der Waals surface area contributed by atoms with E-state index in [0.717, 1.165) is 75.0 Å². The molecule has 2 aliphatic heterocycles. The molecule has 0 radical (unpaired) electrons. The van der Waals surface area contributed by atoms with Gasteiger partial charge in [-0.1, -0.05) is 26.7 Å². The summed E-state index contributed by atoms with van der Waals surface area (Å²) in [5, 5.41) is 9.38. The number of aliphatic hydroxyl groups is 1. The van der Waals surface area contributed by atoms with Crippen LogP contribution in [0.25, 0.3) is 0 Å². The van der Waals surface area contributed by atoms with Gasteiger partial charge in [0.25, 0.3) is 0 Å². The molecule has 0 amide bonds. The summed E-state index contributed by atoms with van der Waals surface area (Å²) in [5.74, 6) is 2.35. The molecule has 264 valence electrons. The number of rotatable bonds is 18. The standard InChI is InChI=1S/C23H36N2O5.C15H24FN/c1-17(27)6-4-5-8-24(2)9-7-20-12-19(15-25(20)10-11-26)18-13-21(28-3)23-22(14-18)29-16-30-23;1-5-7-13(8-6-2)17(4)14-9-10-15(16)12(3)11-14/h11,13-14,17,19-20,27H,4-10,12,15-16H2,1-3H3;9-11,13H,5-8H2,1-4H3/t17?,19?,20-;/m0./s1. The third kappa shape index (κ3) is 11.6. The van der Waals surface area contributed by atoms with Crippen LogP contribution in [0.5, 0.6) is 17.2 Å². The van der Waals surface area contributed by atoms with Crippen LogP contribution >= 0.6 is 0 Å². The zero-order valence-corrected chi connectivity index (χ0v) is 30.0. The van der Waals surface area contributed by atoms with E-state index in [2.05, 4.69) is 48.7 Å². The molecule has 8 nitrogen and oxygen atoms in total. The number of anilines is 1. The van der Waals surface area contributed by atoms with Gasteiger partial charge < -0.3 is 33.9 Å². The van der Waals surface area contributed by atoms with E-state index in [0.29, 0.717) is 36.0 Å². The fourth-order valence-corrected chi connectivity index (χ4v) is 6.79. The molecule has 2 aromatic rings. The number of fused-ring (bicyclic) bond motifs is 1. The summed E-state index contributed by atoms with van der Waals surface area (Å²) in [5.41, 5.74) is 3.03. The van der Waals surface area contributed by atoms with Crippen LogP contribution in [0.15, 0.2) is 30.3 Å². The number of aryl methyl sites for hydroxylation is 1. The monoisotopic (exact) mass is 657 g/mol. The Morgan fingerprint density at radius 2 is 1.83 bits per heavy atom. The molecule has 4 rings (SSSR count). The van der Waals surface area contributed by atoms with Crippen molar-refractivity contribution in [2.24, 2.45) is 0 Å². The summed E-state index contributed by atoms with van der Waals surface area (Å²) in [7, 11) is 5.92. The van der Waals surface area contributed by atoms with E-state index < -0.39 is 0 Å². The first-order valence-corrected chi connectivity index (χ1v) is 17.6. The Kier molecular flexibility index (Phi) is 16.3. The van der Waals surface area contributed by atoms with Gasteiger partial charge in [0, 0.05) is 31.4 Å². The number of aliphatic hydroxyl groups excluding tert-OH is 1. The van der Waals surface area contributed by atoms with E-state index in [1.165, 1.54) is 31.2 Å². The van der Waals surface area contributed by atoms with Crippen molar-refractivity contribution in [2.45, 2.75) is 110 Å². The number of carbonyl (C=O) groups excluding carboxylic acids is 1. The minimum Gasteiger partial charge on any atom is -0.493 e. The first kappa shape index (κ1) is 38.6. The molecule has 1 saturated heterocycles. The molecule has 1 fully saturated rings. The predicted molar refractivity (Wildman–Crippen MR) is 189 cm³/mol. The molecule has 0 bridgehead atoms. The van der Waals surface area contributed by atoms with Gasteiger partial charge in [-0.3, -0.25) is 4.90 Å². The molecule has 47 heavy (non-hydrogen) atoms. The lowest BCUT2D eigenvalue weighted by molar-refractivity contribution is -0.109. The third-order valence-electron chi connectivity index (χ3n) is 9.59. The van der Waals surface area contributed by atoms with Crippen molar-refractivity contribution in [3.63, 3.8) is 0 Å². The highest BCUT2D eigenvalue weighted by molar-refractivity contribution is 5.56. The number of carbonyl (C=O) groups is 1. The Hall–Kier alpha value is -2.88. The fourth-order valence-electron chi connectivity index (χ4n) is 6.79. The molecule has 0 aromatic heterocycles. The Morgan fingerprint density at radius 3 is 2.47 bits per heavy atom. The molecule has 9 heteroatoms. The highest BCUT2D eigenvalue weighted by Crippen LogP contribution is 2.45. The molecule has 0 aliphatic carbocycles. The van der Waals surface area contributed by atoms with Crippen LogP contribution in [0.4, 0.5) is 10.1 Å². The van der Waals surface area contributed by atoms with Crippen LogP contribution in [0.1, 0.15) is 95.6 Å². The van der Waals surface area contributed by atoms with Gasteiger partial charge in [0.05, 0.1) is 19.8 Å². The maximum absolute atomic E-state index is 13.2. The van der Waals surface area contributed by atoms with E-state index in [1.54, 1.807) is 13.2 Å². The number of likely N-dealkylation sites (tertiary alicyclic amines) is 1. The third-order valence-corrected chi connectivity index (χ3v) is 9.59. The summed E-state index contributed by atoms with van der Waals surface area (Å²) in [6.45, 7) is 11.7. The van der Waals surface area contributed by atoms with Crippen LogP contribution in [0.2, 0.25) is 0 Å². The lowest BCUT2D eigenvalue weighted by Gasteiger charge is -2.30. The molecule has 2 unspecified atom stereocenters. The average Bonchev–Trinajstić information content (AvgIpc) is 3.70. The molecule has 2 aromatic carbocycles. The van der Waals surface area contributed by atoms with Crippen molar-refractivity contribution in [3.05, 3.63) is 47.3 Å². The summed E-state index contributed by atoms with van der Waals surface area (Å²) in [6.07, 6.45) is 10.6. The SMILES string of the molecule is CCCC(CCC)N(C)c1ccc(F)c(C)c1.COc1cc(C2C[C@H](CCN(C)CCCCC(C)O)N(CC=O)C2)cc2c1OCO2. The number of hydrogen-bond donors (Lipinski definition) is 1. The Balaban J connectivity index is 0.000000300. The van der Waals surface area contributed by atoms with Crippen molar-refractivity contribution < 1.29 is 28.5 Å². The smallest absolute Gasteiger partial charge is 0.231 e. The van der Waals surface area contributed by atoms with Gasteiger partial charge in [0.1, 0.15) is 12.1 Å². The van der Waals surface area contributed by atoms with Crippen LogP contribution in [-0.2, 0) is 4.79 Å². The Bertz CT molecular complexity index is 1220. The van der Waals surface area contributed by atoms with Crippen LogP contribution in [0.3, 0.4) is 0 Å². The number of ether oxygens (including phenoxy) is 3. The summed E-state index contributed by atoms with van der Waals surface area (Å²) >= 11 is 0. The number of aldehydes is 1. The van der Waals surface area contributed by atoms with Gasteiger partial charge >= 0.3 is 0 Å². The molecule has 3 atom stereocenters. The minimum atomic E-state index is -0.211. The lowest BCUT2D eigenvalue weighted by atomic mass is 9.94. The average molecular weight is 658 g/mol. The number of hydrogen-bond acceptors (Lipinski definition) is 8. The fraction of sp³-hybridized carbons (Fsp3) is 0.658. The van der Waals surface area contributed by atoms with Gasteiger partial charge in [0.15, 0.2) is 11.5 Å². The van der Waals surface area contributed by atoms with E-state index in [1.807, 2.05) is 32.0 Å². The van der Waals surface area contributed by atoms with E-state index in [-0.39, 0.29) is 18.7 Å². The zero-order valence-electron chi connectivity index (χ0n) is 30.0. The molecular formula is C38H60FN3O5. The van der Waals surface area contributed by atoms with Crippen LogP contribution < -0.4 is 19.1 Å². The molecule has 0 spiro atoms. The molecule has 2 aliphatic rings.